The third kappa shape index (κ3) is 2.11. The summed E-state index contributed by atoms with van der Waals surface area (Å²) in [5.74, 6) is 0.814. The molecule has 0 aromatic heterocycles. The third-order valence-corrected chi connectivity index (χ3v) is 4.84. The van der Waals surface area contributed by atoms with Gasteiger partial charge in [0.15, 0.2) is 0 Å². The lowest BCUT2D eigenvalue weighted by atomic mass is 9.79. The van der Waals surface area contributed by atoms with E-state index < -0.39 is 0 Å². The second-order valence-electron chi connectivity index (χ2n) is 6.16. The molecule has 2 aliphatic rings. The predicted octanol–water partition coefficient (Wildman–Crippen LogP) is 4.98. The molecule has 0 amide bonds. The van der Waals surface area contributed by atoms with Gasteiger partial charge in [-0.3, -0.25) is 0 Å². The van der Waals surface area contributed by atoms with Crippen molar-refractivity contribution < 1.29 is 0 Å². The summed E-state index contributed by atoms with van der Waals surface area (Å²) in [6.07, 6.45) is 6.60. The Morgan fingerprint density at radius 1 is 0.900 bits per heavy atom. The van der Waals surface area contributed by atoms with Crippen LogP contribution in [0.1, 0.15) is 42.7 Å². The van der Waals surface area contributed by atoms with Crippen LogP contribution >= 0.6 is 0 Å². The summed E-state index contributed by atoms with van der Waals surface area (Å²) in [7, 11) is 0. The Balaban J connectivity index is 1.69. The Kier molecular flexibility index (Phi) is 2.99. The molecular weight excluding hydrogens is 242 g/mol. The monoisotopic (exact) mass is 263 g/mol. The van der Waals surface area contributed by atoms with E-state index in [2.05, 4.69) is 47.8 Å². The van der Waals surface area contributed by atoms with Crippen molar-refractivity contribution in [3.05, 3.63) is 53.6 Å². The van der Waals surface area contributed by atoms with Crippen molar-refractivity contribution in [2.24, 2.45) is 0 Å². The molecule has 2 aromatic rings. The van der Waals surface area contributed by atoms with E-state index in [1.54, 1.807) is 0 Å². The molecule has 1 heterocycles. The van der Waals surface area contributed by atoms with Crippen LogP contribution in [0.15, 0.2) is 42.5 Å². The van der Waals surface area contributed by atoms with Crippen molar-refractivity contribution in [1.29, 1.82) is 0 Å². The van der Waals surface area contributed by atoms with Gasteiger partial charge in [-0.15, -0.1) is 0 Å². The zero-order valence-corrected chi connectivity index (χ0v) is 11.9. The molecule has 1 fully saturated rings. The van der Waals surface area contributed by atoms with E-state index in [1.165, 1.54) is 60.0 Å². The van der Waals surface area contributed by atoms with Crippen LogP contribution in [0.25, 0.3) is 11.1 Å². The smallest absolute Gasteiger partial charge is 0.0373 e. The molecule has 1 nitrogen and oxygen atoms in total. The first-order valence-corrected chi connectivity index (χ1v) is 7.87. The summed E-state index contributed by atoms with van der Waals surface area (Å²) >= 11 is 0. The van der Waals surface area contributed by atoms with Gasteiger partial charge in [-0.1, -0.05) is 36.8 Å². The second kappa shape index (κ2) is 4.97. The van der Waals surface area contributed by atoms with Crippen molar-refractivity contribution in [3.63, 3.8) is 0 Å². The Morgan fingerprint density at radius 2 is 1.80 bits per heavy atom. The zero-order chi connectivity index (χ0) is 13.4. The van der Waals surface area contributed by atoms with Gasteiger partial charge >= 0.3 is 0 Å². The van der Waals surface area contributed by atoms with Gasteiger partial charge < -0.3 is 5.32 Å². The van der Waals surface area contributed by atoms with E-state index in [0.29, 0.717) is 0 Å². The highest BCUT2D eigenvalue weighted by Gasteiger charge is 2.19. The first kappa shape index (κ1) is 12.0. The van der Waals surface area contributed by atoms with Gasteiger partial charge in [0.05, 0.1) is 0 Å². The standard InChI is InChI=1S/C19H21N/c1-4-14(5-1)15-6-2-7-16(12-15)17-9-10-19-18(13-17)8-3-11-20-19/h2,6-7,9-10,12-14,20H,1,3-5,8,11H2. The molecule has 2 aromatic carbocycles. The lowest BCUT2D eigenvalue weighted by Gasteiger charge is -2.26. The van der Waals surface area contributed by atoms with E-state index in [0.717, 1.165) is 12.5 Å². The van der Waals surface area contributed by atoms with Gasteiger partial charge in [-0.05, 0) is 66.0 Å². The molecule has 0 unspecified atom stereocenters. The predicted molar refractivity (Wildman–Crippen MR) is 85.3 cm³/mol. The van der Waals surface area contributed by atoms with Crippen LogP contribution in [0.3, 0.4) is 0 Å². The first-order chi connectivity index (χ1) is 9.90. The third-order valence-electron chi connectivity index (χ3n) is 4.84. The SMILES string of the molecule is c1cc(-c2ccc3c(c2)CCCN3)cc(C2CCC2)c1. The Bertz CT molecular complexity index is 625. The number of aryl methyl sites for hydroxylation is 1. The van der Waals surface area contributed by atoms with Gasteiger partial charge in [0.1, 0.15) is 0 Å². The molecule has 4 rings (SSSR count). The Labute approximate surface area is 121 Å². The summed E-state index contributed by atoms with van der Waals surface area (Å²) in [6.45, 7) is 1.11. The minimum absolute atomic E-state index is 0.814. The van der Waals surface area contributed by atoms with Gasteiger partial charge in [0.2, 0.25) is 0 Å². The maximum atomic E-state index is 3.49. The van der Waals surface area contributed by atoms with E-state index in [4.69, 9.17) is 0 Å². The minimum Gasteiger partial charge on any atom is -0.385 e. The van der Waals surface area contributed by atoms with Gasteiger partial charge in [0, 0.05) is 12.2 Å². The number of benzene rings is 2. The Morgan fingerprint density at radius 3 is 2.65 bits per heavy atom. The molecule has 1 heteroatoms. The van der Waals surface area contributed by atoms with Crippen LogP contribution in [0.5, 0.6) is 0 Å². The number of rotatable bonds is 2. The maximum absolute atomic E-state index is 3.49. The van der Waals surface area contributed by atoms with E-state index in [-0.39, 0.29) is 0 Å². The molecule has 0 radical (unpaired) electrons. The number of nitrogens with one attached hydrogen (secondary N) is 1. The highest BCUT2D eigenvalue weighted by molar-refractivity contribution is 5.69. The van der Waals surface area contributed by atoms with Crippen molar-refractivity contribution in [2.45, 2.75) is 38.0 Å². The molecular formula is C19H21N. The van der Waals surface area contributed by atoms with Crippen LogP contribution in [0.2, 0.25) is 0 Å². The quantitative estimate of drug-likeness (QED) is 0.805. The maximum Gasteiger partial charge on any atom is 0.0373 e. The molecule has 0 bridgehead atoms. The van der Waals surface area contributed by atoms with Crippen LogP contribution < -0.4 is 5.32 Å². The molecule has 20 heavy (non-hydrogen) atoms. The van der Waals surface area contributed by atoms with Gasteiger partial charge in [0.25, 0.3) is 0 Å². The highest BCUT2D eigenvalue weighted by Crippen LogP contribution is 2.38. The van der Waals surface area contributed by atoms with Crippen molar-refractivity contribution >= 4 is 5.69 Å². The fraction of sp³-hybridized carbons (Fsp3) is 0.368. The summed E-state index contributed by atoms with van der Waals surface area (Å²) in [5.41, 5.74) is 7.08. The second-order valence-corrected chi connectivity index (χ2v) is 6.16. The summed E-state index contributed by atoms with van der Waals surface area (Å²) in [6, 6.07) is 16.1. The number of anilines is 1. The Hall–Kier alpha value is -1.76. The molecule has 102 valence electrons. The van der Waals surface area contributed by atoms with Gasteiger partial charge in [-0.25, -0.2) is 0 Å². The van der Waals surface area contributed by atoms with Gasteiger partial charge in [-0.2, -0.15) is 0 Å². The average Bonchev–Trinajstić information content (AvgIpc) is 2.45. The van der Waals surface area contributed by atoms with Crippen molar-refractivity contribution in [3.8, 4) is 11.1 Å². The molecule has 0 spiro atoms. The summed E-state index contributed by atoms with van der Waals surface area (Å²) in [4.78, 5) is 0. The molecule has 1 aliphatic carbocycles. The average molecular weight is 263 g/mol. The van der Waals surface area contributed by atoms with E-state index in [9.17, 15) is 0 Å². The molecule has 0 atom stereocenters. The zero-order valence-electron chi connectivity index (χ0n) is 11.9. The summed E-state index contributed by atoms with van der Waals surface area (Å²) in [5, 5.41) is 3.49. The molecule has 1 aliphatic heterocycles. The lowest BCUT2D eigenvalue weighted by Crippen LogP contribution is -2.11. The number of hydrogen-bond acceptors (Lipinski definition) is 1. The van der Waals surface area contributed by atoms with Crippen LogP contribution in [0.4, 0.5) is 5.69 Å². The fourth-order valence-electron chi connectivity index (χ4n) is 3.37. The fourth-order valence-corrected chi connectivity index (χ4v) is 3.37. The molecule has 1 saturated carbocycles. The van der Waals surface area contributed by atoms with E-state index in [1.807, 2.05) is 0 Å². The lowest BCUT2D eigenvalue weighted by molar-refractivity contribution is 0.420. The normalized spacial score (nSPS) is 18.0. The van der Waals surface area contributed by atoms with Crippen molar-refractivity contribution in [2.75, 3.05) is 11.9 Å². The minimum atomic E-state index is 0.814. The topological polar surface area (TPSA) is 12.0 Å². The van der Waals surface area contributed by atoms with Crippen LogP contribution in [0, 0.1) is 0 Å². The van der Waals surface area contributed by atoms with Crippen LogP contribution in [-0.4, -0.2) is 6.54 Å². The largest absolute Gasteiger partial charge is 0.385 e. The molecule has 1 N–H and O–H groups in total. The molecule has 0 saturated heterocycles. The van der Waals surface area contributed by atoms with E-state index >= 15 is 0 Å². The summed E-state index contributed by atoms with van der Waals surface area (Å²) < 4.78 is 0. The number of fused-ring (bicyclic) bond motifs is 1. The first-order valence-electron chi connectivity index (χ1n) is 7.87. The number of hydrogen-bond donors (Lipinski definition) is 1. The van der Waals surface area contributed by atoms with Crippen molar-refractivity contribution in [1.82, 2.24) is 0 Å². The highest BCUT2D eigenvalue weighted by atomic mass is 14.9. The van der Waals surface area contributed by atoms with Crippen LogP contribution in [-0.2, 0) is 6.42 Å².